The second-order valence-corrected chi connectivity index (χ2v) is 3.18. The van der Waals surface area contributed by atoms with Gasteiger partial charge in [-0.15, -0.1) is 0 Å². The van der Waals surface area contributed by atoms with Crippen LogP contribution in [0, 0.1) is 0 Å². The van der Waals surface area contributed by atoms with Gasteiger partial charge in [-0.3, -0.25) is 0 Å². The highest BCUT2D eigenvalue weighted by Gasteiger charge is 2.07. The third-order valence-corrected chi connectivity index (χ3v) is 2.05. The van der Waals surface area contributed by atoms with Crippen molar-refractivity contribution >= 4 is 0 Å². The molecule has 5 heteroatoms. The fraction of sp³-hybridized carbons (Fsp3) is 0.273. The van der Waals surface area contributed by atoms with E-state index in [4.69, 9.17) is 15.0 Å². The second-order valence-electron chi connectivity index (χ2n) is 3.18. The van der Waals surface area contributed by atoms with Crippen LogP contribution in [0.4, 0.5) is 0 Å². The Labute approximate surface area is 93.2 Å². The first-order valence-corrected chi connectivity index (χ1v) is 5.09. The minimum absolute atomic E-state index is 0.248. The summed E-state index contributed by atoms with van der Waals surface area (Å²) in [5.41, 5.74) is 6.25. The molecule has 2 aromatic rings. The molecule has 0 aliphatic rings. The first-order valence-electron chi connectivity index (χ1n) is 5.09. The standard InChI is InChI=1S/C11H13N3O2/c1-2-15-9-5-3-4-8(6-9)11-13-10(7-12)16-14-11/h3-6H,2,7,12H2,1H3. The summed E-state index contributed by atoms with van der Waals surface area (Å²) in [5, 5.41) is 3.84. The van der Waals surface area contributed by atoms with Gasteiger partial charge in [-0.25, -0.2) is 0 Å². The maximum Gasteiger partial charge on any atom is 0.240 e. The first-order chi connectivity index (χ1) is 7.83. The van der Waals surface area contributed by atoms with Gasteiger partial charge in [0.2, 0.25) is 11.7 Å². The summed E-state index contributed by atoms with van der Waals surface area (Å²) in [4.78, 5) is 4.14. The Kier molecular flexibility index (Phi) is 3.16. The minimum Gasteiger partial charge on any atom is -0.494 e. The van der Waals surface area contributed by atoms with Crippen LogP contribution in [-0.4, -0.2) is 16.7 Å². The monoisotopic (exact) mass is 219 g/mol. The third kappa shape index (κ3) is 2.20. The number of nitrogens with two attached hydrogens (primary N) is 1. The molecule has 0 spiro atoms. The minimum atomic E-state index is 0.248. The molecular formula is C11H13N3O2. The van der Waals surface area contributed by atoms with E-state index in [0.717, 1.165) is 11.3 Å². The predicted molar refractivity (Wildman–Crippen MR) is 58.8 cm³/mol. The fourth-order valence-electron chi connectivity index (χ4n) is 1.35. The van der Waals surface area contributed by atoms with Crippen molar-refractivity contribution in [3.63, 3.8) is 0 Å². The topological polar surface area (TPSA) is 74.2 Å². The Morgan fingerprint density at radius 1 is 1.44 bits per heavy atom. The van der Waals surface area contributed by atoms with Gasteiger partial charge in [0.15, 0.2) is 0 Å². The molecule has 16 heavy (non-hydrogen) atoms. The van der Waals surface area contributed by atoms with Crippen molar-refractivity contribution < 1.29 is 9.26 Å². The van der Waals surface area contributed by atoms with E-state index in [2.05, 4.69) is 10.1 Å². The van der Waals surface area contributed by atoms with Gasteiger partial charge >= 0.3 is 0 Å². The summed E-state index contributed by atoms with van der Waals surface area (Å²) >= 11 is 0. The van der Waals surface area contributed by atoms with Gasteiger partial charge in [0, 0.05) is 5.56 Å². The van der Waals surface area contributed by atoms with Crippen molar-refractivity contribution in [1.29, 1.82) is 0 Å². The number of benzene rings is 1. The molecule has 0 radical (unpaired) electrons. The van der Waals surface area contributed by atoms with Crippen molar-refractivity contribution in [2.24, 2.45) is 5.73 Å². The first kappa shape index (κ1) is 10.6. The number of rotatable bonds is 4. The molecule has 2 rings (SSSR count). The molecule has 5 nitrogen and oxygen atoms in total. The highest BCUT2D eigenvalue weighted by molar-refractivity contribution is 5.56. The van der Waals surface area contributed by atoms with Gasteiger partial charge in [-0.05, 0) is 19.1 Å². The van der Waals surface area contributed by atoms with Crippen molar-refractivity contribution in [1.82, 2.24) is 10.1 Å². The Balaban J connectivity index is 2.28. The SMILES string of the molecule is CCOc1cccc(-c2noc(CN)n2)c1. The van der Waals surface area contributed by atoms with E-state index in [-0.39, 0.29) is 6.54 Å². The number of hydrogen-bond donors (Lipinski definition) is 1. The van der Waals surface area contributed by atoms with Gasteiger partial charge in [0.05, 0.1) is 13.2 Å². The van der Waals surface area contributed by atoms with Crippen LogP contribution in [0.2, 0.25) is 0 Å². The van der Waals surface area contributed by atoms with Gasteiger partial charge in [-0.2, -0.15) is 4.98 Å². The van der Waals surface area contributed by atoms with E-state index in [1.807, 2.05) is 31.2 Å². The molecule has 0 saturated heterocycles. The van der Waals surface area contributed by atoms with Crippen LogP contribution in [0.15, 0.2) is 28.8 Å². The molecule has 2 N–H and O–H groups in total. The molecule has 1 aromatic carbocycles. The van der Waals surface area contributed by atoms with Crippen LogP contribution < -0.4 is 10.5 Å². The van der Waals surface area contributed by atoms with Crippen LogP contribution in [-0.2, 0) is 6.54 Å². The Bertz CT molecular complexity index is 468. The fourth-order valence-corrected chi connectivity index (χ4v) is 1.35. The van der Waals surface area contributed by atoms with Crippen molar-refractivity contribution in [2.75, 3.05) is 6.61 Å². The molecule has 0 amide bonds. The summed E-state index contributed by atoms with van der Waals surface area (Å²) in [6.07, 6.45) is 0. The van der Waals surface area contributed by atoms with E-state index in [0.29, 0.717) is 18.3 Å². The largest absolute Gasteiger partial charge is 0.494 e. The normalized spacial score (nSPS) is 10.4. The third-order valence-electron chi connectivity index (χ3n) is 2.05. The maximum absolute atomic E-state index is 5.40. The zero-order valence-electron chi connectivity index (χ0n) is 9.01. The number of aromatic nitrogens is 2. The van der Waals surface area contributed by atoms with Crippen LogP contribution >= 0.6 is 0 Å². The maximum atomic E-state index is 5.40. The molecule has 84 valence electrons. The molecule has 0 aliphatic carbocycles. The summed E-state index contributed by atoms with van der Waals surface area (Å²) in [5.74, 6) is 1.75. The number of nitrogens with zero attached hydrogens (tertiary/aromatic N) is 2. The summed E-state index contributed by atoms with van der Waals surface area (Å²) < 4.78 is 10.3. The molecular weight excluding hydrogens is 206 g/mol. The average Bonchev–Trinajstić information content (AvgIpc) is 2.78. The summed E-state index contributed by atoms with van der Waals surface area (Å²) in [6, 6.07) is 7.54. The average molecular weight is 219 g/mol. The zero-order valence-corrected chi connectivity index (χ0v) is 9.01. The Morgan fingerprint density at radius 3 is 3.00 bits per heavy atom. The predicted octanol–water partition coefficient (Wildman–Crippen LogP) is 1.59. The number of ether oxygens (including phenoxy) is 1. The van der Waals surface area contributed by atoms with Crippen LogP contribution in [0.5, 0.6) is 5.75 Å². The van der Waals surface area contributed by atoms with Crippen molar-refractivity contribution in [2.45, 2.75) is 13.5 Å². The molecule has 0 aliphatic heterocycles. The highest BCUT2D eigenvalue weighted by atomic mass is 16.5. The summed E-state index contributed by atoms with van der Waals surface area (Å²) in [6.45, 7) is 2.81. The second kappa shape index (κ2) is 4.76. The van der Waals surface area contributed by atoms with E-state index in [9.17, 15) is 0 Å². The highest BCUT2D eigenvalue weighted by Crippen LogP contribution is 2.21. The van der Waals surface area contributed by atoms with Crippen LogP contribution in [0.3, 0.4) is 0 Å². The molecule has 0 bridgehead atoms. The lowest BCUT2D eigenvalue weighted by Crippen LogP contribution is -1.95. The van der Waals surface area contributed by atoms with Crippen molar-refractivity contribution in [3.8, 4) is 17.1 Å². The molecule has 1 heterocycles. The molecule has 1 aromatic heterocycles. The van der Waals surface area contributed by atoms with Gasteiger partial charge < -0.3 is 15.0 Å². The molecule has 0 atom stereocenters. The van der Waals surface area contributed by atoms with E-state index < -0.39 is 0 Å². The smallest absolute Gasteiger partial charge is 0.240 e. The van der Waals surface area contributed by atoms with Gasteiger partial charge in [0.25, 0.3) is 0 Å². The van der Waals surface area contributed by atoms with Gasteiger partial charge in [-0.1, -0.05) is 17.3 Å². The lowest BCUT2D eigenvalue weighted by molar-refractivity contribution is 0.340. The lowest BCUT2D eigenvalue weighted by Gasteiger charge is -2.02. The quantitative estimate of drug-likeness (QED) is 0.845. The van der Waals surface area contributed by atoms with Crippen molar-refractivity contribution in [3.05, 3.63) is 30.2 Å². The molecule has 0 saturated carbocycles. The Hall–Kier alpha value is -1.88. The number of hydrogen-bond acceptors (Lipinski definition) is 5. The van der Waals surface area contributed by atoms with Gasteiger partial charge in [0.1, 0.15) is 5.75 Å². The van der Waals surface area contributed by atoms with Crippen LogP contribution in [0.1, 0.15) is 12.8 Å². The summed E-state index contributed by atoms with van der Waals surface area (Å²) in [7, 11) is 0. The lowest BCUT2D eigenvalue weighted by atomic mass is 10.2. The van der Waals surface area contributed by atoms with E-state index in [1.54, 1.807) is 0 Å². The van der Waals surface area contributed by atoms with Crippen LogP contribution in [0.25, 0.3) is 11.4 Å². The zero-order chi connectivity index (χ0) is 11.4. The molecule has 0 unspecified atom stereocenters. The van der Waals surface area contributed by atoms with E-state index >= 15 is 0 Å². The van der Waals surface area contributed by atoms with E-state index in [1.165, 1.54) is 0 Å². The molecule has 0 fully saturated rings. The Morgan fingerprint density at radius 2 is 2.31 bits per heavy atom.